The molecule has 9 heteroatoms. The molecule has 3 aromatic rings. The molecule has 0 amide bonds. The molecule has 0 unspecified atom stereocenters. The van der Waals surface area contributed by atoms with Crippen LogP contribution in [0.3, 0.4) is 0 Å². The minimum atomic E-state index is -1.43. The summed E-state index contributed by atoms with van der Waals surface area (Å²) in [5.41, 5.74) is 3.23. The first kappa shape index (κ1) is 21.9. The second-order valence-corrected chi connectivity index (χ2v) is 8.02. The van der Waals surface area contributed by atoms with Crippen molar-refractivity contribution in [3.05, 3.63) is 70.1 Å². The van der Waals surface area contributed by atoms with Crippen molar-refractivity contribution in [2.45, 2.75) is 43.9 Å². The molecule has 0 saturated carbocycles. The van der Waals surface area contributed by atoms with Gasteiger partial charge in [0.25, 0.3) is 0 Å². The summed E-state index contributed by atoms with van der Waals surface area (Å²) in [6.45, 7) is 1.25. The molecule has 1 fully saturated rings. The Labute approximate surface area is 183 Å². The van der Waals surface area contributed by atoms with Crippen molar-refractivity contribution >= 4 is 11.6 Å². The van der Waals surface area contributed by atoms with Crippen molar-refractivity contribution in [3.63, 3.8) is 0 Å². The first-order chi connectivity index (χ1) is 14.9. The lowest BCUT2D eigenvalue weighted by Crippen LogP contribution is -2.55. The highest BCUT2D eigenvalue weighted by Gasteiger charge is 2.44. The zero-order chi connectivity index (χ0) is 22.1. The van der Waals surface area contributed by atoms with Crippen molar-refractivity contribution in [3.8, 4) is 11.4 Å². The van der Waals surface area contributed by atoms with Gasteiger partial charge in [-0.2, -0.15) is 4.98 Å². The van der Waals surface area contributed by atoms with E-state index < -0.39 is 37.1 Å². The Bertz CT molecular complexity index is 1040. The maximum atomic E-state index is 10.4. The molecule has 2 heterocycles. The highest BCUT2D eigenvalue weighted by molar-refractivity contribution is 6.31. The largest absolute Gasteiger partial charge is 0.394 e. The summed E-state index contributed by atoms with van der Waals surface area (Å²) in [4.78, 5) is 4.21. The Morgan fingerprint density at radius 1 is 1.00 bits per heavy atom. The van der Waals surface area contributed by atoms with E-state index in [4.69, 9.17) is 20.9 Å². The smallest absolute Gasteiger partial charge is 0.223 e. The van der Waals surface area contributed by atoms with E-state index in [0.717, 1.165) is 16.7 Å². The van der Waals surface area contributed by atoms with Crippen LogP contribution in [-0.2, 0) is 11.2 Å². The fourth-order valence-corrected chi connectivity index (χ4v) is 3.88. The summed E-state index contributed by atoms with van der Waals surface area (Å²) in [7, 11) is 0. The Hall–Kier alpha value is -2.33. The molecule has 0 bridgehead atoms. The van der Waals surface area contributed by atoms with Gasteiger partial charge in [0.15, 0.2) is 0 Å². The quantitative estimate of drug-likeness (QED) is 0.467. The van der Waals surface area contributed by atoms with Crippen LogP contribution >= 0.6 is 11.6 Å². The van der Waals surface area contributed by atoms with E-state index in [1.54, 1.807) is 25.1 Å². The van der Waals surface area contributed by atoms with Crippen molar-refractivity contribution in [1.29, 1.82) is 0 Å². The monoisotopic (exact) mass is 446 g/mol. The number of ether oxygens (including phenoxy) is 1. The topological polar surface area (TPSA) is 129 Å². The van der Waals surface area contributed by atoms with Crippen molar-refractivity contribution < 1.29 is 29.7 Å². The number of aryl methyl sites for hydroxylation is 1. The lowest BCUT2D eigenvalue weighted by Gasteiger charge is -2.40. The van der Waals surface area contributed by atoms with Gasteiger partial charge in [0.2, 0.25) is 11.7 Å². The van der Waals surface area contributed by atoms with Gasteiger partial charge in [0, 0.05) is 17.5 Å². The highest BCUT2D eigenvalue weighted by Crippen LogP contribution is 2.34. The molecule has 5 atom stereocenters. The second kappa shape index (κ2) is 9.04. The van der Waals surface area contributed by atoms with E-state index in [9.17, 15) is 20.4 Å². The minimum absolute atomic E-state index is 0.478. The van der Waals surface area contributed by atoms with Gasteiger partial charge in [-0.05, 0) is 29.2 Å². The van der Waals surface area contributed by atoms with Gasteiger partial charge < -0.3 is 29.7 Å². The average Bonchev–Trinajstić information content (AvgIpc) is 3.21. The predicted molar refractivity (Wildman–Crippen MR) is 111 cm³/mol. The lowest BCUT2D eigenvalue weighted by molar-refractivity contribution is -0.231. The molecular weight excluding hydrogens is 424 g/mol. The van der Waals surface area contributed by atoms with E-state index in [-0.39, 0.29) is 0 Å². The van der Waals surface area contributed by atoms with Crippen LogP contribution < -0.4 is 0 Å². The molecule has 1 aromatic heterocycles. The van der Waals surface area contributed by atoms with Crippen molar-refractivity contribution in [2.75, 3.05) is 6.61 Å². The fraction of sp³-hybridized carbons (Fsp3) is 0.364. The standard InChI is InChI=1S/C22H23ClN2O6/c1-11-24-22(25-31-11)13-4-2-12(3-5-13)8-15-9-14(6-7-16(15)23)21-20(29)19(28)18(27)17(10-26)30-21/h2-7,9,17-21,26-29H,8,10H2,1H3/t17-,18-,19+,20-,21+/m1/s1. The molecular formula is C22H23ClN2O6. The van der Waals surface area contributed by atoms with Gasteiger partial charge in [-0.15, -0.1) is 0 Å². The average molecular weight is 447 g/mol. The van der Waals surface area contributed by atoms with Crippen molar-refractivity contribution in [2.24, 2.45) is 0 Å². The summed E-state index contributed by atoms with van der Waals surface area (Å²) in [6.07, 6.45) is -5.53. The number of hydrogen-bond donors (Lipinski definition) is 4. The Kier molecular flexibility index (Phi) is 6.38. The third kappa shape index (κ3) is 4.50. The Morgan fingerprint density at radius 2 is 1.74 bits per heavy atom. The van der Waals surface area contributed by atoms with Gasteiger partial charge in [0.05, 0.1) is 6.61 Å². The SMILES string of the molecule is Cc1nc(-c2ccc(Cc3cc([C@@H]4O[C@H](CO)[C@@H](O)[C@H](O)[C@H]4O)ccc3Cl)cc2)no1. The third-order valence-corrected chi connectivity index (χ3v) is 5.79. The van der Waals surface area contributed by atoms with Crippen LogP contribution in [0.25, 0.3) is 11.4 Å². The summed E-state index contributed by atoms with van der Waals surface area (Å²) < 4.78 is 10.7. The highest BCUT2D eigenvalue weighted by atomic mass is 35.5. The molecule has 0 radical (unpaired) electrons. The van der Waals surface area contributed by atoms with Crippen molar-refractivity contribution in [1.82, 2.24) is 10.1 Å². The molecule has 4 rings (SSSR count). The molecule has 31 heavy (non-hydrogen) atoms. The van der Waals surface area contributed by atoms with Crippen LogP contribution in [0, 0.1) is 6.92 Å². The first-order valence-electron chi connectivity index (χ1n) is 9.86. The normalized spacial score (nSPS) is 26.2. The number of rotatable bonds is 5. The molecule has 1 saturated heterocycles. The molecule has 1 aliphatic rings. The molecule has 2 aromatic carbocycles. The number of benzene rings is 2. The lowest BCUT2D eigenvalue weighted by atomic mass is 9.90. The summed E-state index contributed by atoms with van der Waals surface area (Å²) in [5, 5.41) is 44.3. The van der Waals surface area contributed by atoms with Gasteiger partial charge >= 0.3 is 0 Å². The number of halogens is 1. The molecule has 164 valence electrons. The number of aliphatic hydroxyl groups is 4. The predicted octanol–water partition coefficient (Wildman–Crippen LogP) is 1.80. The van der Waals surface area contributed by atoms with E-state index >= 15 is 0 Å². The van der Waals surface area contributed by atoms with Gasteiger partial charge in [-0.3, -0.25) is 0 Å². The van der Waals surface area contributed by atoms with Crippen LogP contribution in [0.4, 0.5) is 0 Å². The van der Waals surface area contributed by atoms with E-state index in [2.05, 4.69) is 10.1 Å². The van der Waals surface area contributed by atoms with Gasteiger partial charge in [0.1, 0.15) is 30.5 Å². The maximum absolute atomic E-state index is 10.4. The summed E-state index contributed by atoms with van der Waals surface area (Å²) >= 11 is 6.39. The molecule has 1 aliphatic heterocycles. The summed E-state index contributed by atoms with van der Waals surface area (Å²) in [6, 6.07) is 12.9. The maximum Gasteiger partial charge on any atom is 0.223 e. The van der Waals surface area contributed by atoms with Gasteiger partial charge in [-0.1, -0.05) is 53.2 Å². The Morgan fingerprint density at radius 3 is 2.39 bits per heavy atom. The van der Waals surface area contributed by atoms with Crippen LogP contribution in [0.5, 0.6) is 0 Å². The van der Waals surface area contributed by atoms with Crippen LogP contribution in [0.2, 0.25) is 5.02 Å². The summed E-state index contributed by atoms with van der Waals surface area (Å²) in [5.74, 6) is 1.02. The fourth-order valence-electron chi connectivity index (χ4n) is 3.69. The first-order valence-corrected chi connectivity index (χ1v) is 10.2. The number of hydrogen-bond acceptors (Lipinski definition) is 8. The van der Waals surface area contributed by atoms with Crippen LogP contribution in [0.1, 0.15) is 28.7 Å². The zero-order valence-corrected chi connectivity index (χ0v) is 17.5. The van der Waals surface area contributed by atoms with Gasteiger partial charge in [-0.25, -0.2) is 0 Å². The molecule has 4 N–H and O–H groups in total. The molecule has 8 nitrogen and oxygen atoms in total. The number of aliphatic hydroxyl groups excluding tert-OH is 4. The number of aromatic nitrogens is 2. The second-order valence-electron chi connectivity index (χ2n) is 7.61. The zero-order valence-electron chi connectivity index (χ0n) is 16.7. The van der Waals surface area contributed by atoms with E-state index in [0.29, 0.717) is 28.7 Å². The van der Waals surface area contributed by atoms with E-state index in [1.165, 1.54) is 0 Å². The number of nitrogens with zero attached hydrogens (tertiary/aromatic N) is 2. The van der Waals surface area contributed by atoms with E-state index in [1.807, 2.05) is 24.3 Å². The Balaban J connectivity index is 1.55. The third-order valence-electron chi connectivity index (χ3n) is 5.42. The molecule has 0 aliphatic carbocycles. The minimum Gasteiger partial charge on any atom is -0.394 e. The van der Waals surface area contributed by atoms with Crippen LogP contribution in [-0.4, -0.2) is 61.6 Å². The molecule has 0 spiro atoms. The van der Waals surface area contributed by atoms with Crippen LogP contribution in [0.15, 0.2) is 47.0 Å².